The predicted octanol–water partition coefficient (Wildman–Crippen LogP) is 2.03. The summed E-state index contributed by atoms with van der Waals surface area (Å²) in [5.41, 5.74) is 0. The van der Waals surface area contributed by atoms with E-state index in [1.807, 2.05) is 13.8 Å². The lowest BCUT2D eigenvalue weighted by molar-refractivity contribution is 0.327. The van der Waals surface area contributed by atoms with E-state index >= 15 is 0 Å². The normalized spacial score (nSPS) is 25.8. The molecule has 0 radical (unpaired) electrons. The molecule has 2 atom stereocenters. The van der Waals surface area contributed by atoms with Gasteiger partial charge in [-0.2, -0.15) is 4.31 Å². The van der Waals surface area contributed by atoms with Crippen LogP contribution in [0.5, 0.6) is 0 Å². The summed E-state index contributed by atoms with van der Waals surface area (Å²) in [5, 5.41) is 0.141. The van der Waals surface area contributed by atoms with Gasteiger partial charge in [-0.15, -0.1) is 0 Å². The fourth-order valence-electron chi connectivity index (χ4n) is 2.53. The van der Waals surface area contributed by atoms with Gasteiger partial charge in [0.2, 0.25) is 5.03 Å². The Morgan fingerprint density at radius 2 is 2.17 bits per heavy atom. The second-order valence-corrected chi connectivity index (χ2v) is 6.89. The summed E-state index contributed by atoms with van der Waals surface area (Å²) in [5.74, 6) is 0. The molecule has 0 N–H and O–H groups in total. The van der Waals surface area contributed by atoms with Gasteiger partial charge in [0.05, 0.1) is 6.33 Å². The number of imidazole rings is 1. The zero-order chi connectivity index (χ0) is 13.5. The Balaban J connectivity index is 2.45. The van der Waals surface area contributed by atoms with Crippen molar-refractivity contribution in [3.05, 3.63) is 11.5 Å². The largest absolute Gasteiger partial charge is 0.324 e. The summed E-state index contributed by atoms with van der Waals surface area (Å²) < 4.78 is 28.3. The van der Waals surface area contributed by atoms with Crippen molar-refractivity contribution < 1.29 is 8.42 Å². The summed E-state index contributed by atoms with van der Waals surface area (Å²) in [6.45, 7) is 3.94. The molecule has 0 saturated carbocycles. The average molecular weight is 292 g/mol. The van der Waals surface area contributed by atoms with Crippen LogP contribution >= 0.6 is 11.6 Å². The highest BCUT2D eigenvalue weighted by Crippen LogP contribution is 2.33. The summed E-state index contributed by atoms with van der Waals surface area (Å²) in [4.78, 5) is 3.94. The summed E-state index contributed by atoms with van der Waals surface area (Å²) in [6.07, 6.45) is 4.04. The lowest BCUT2D eigenvalue weighted by Gasteiger charge is -2.26. The van der Waals surface area contributed by atoms with Crippen molar-refractivity contribution >= 4 is 21.6 Å². The Labute approximate surface area is 113 Å². The van der Waals surface area contributed by atoms with Crippen LogP contribution in [0.25, 0.3) is 0 Å². The molecule has 18 heavy (non-hydrogen) atoms. The van der Waals surface area contributed by atoms with Crippen molar-refractivity contribution in [2.24, 2.45) is 7.05 Å². The van der Waals surface area contributed by atoms with E-state index in [9.17, 15) is 8.42 Å². The van der Waals surface area contributed by atoms with E-state index < -0.39 is 10.0 Å². The van der Waals surface area contributed by atoms with Crippen LogP contribution < -0.4 is 0 Å². The molecular formula is C11H18ClN3O2S. The number of aromatic nitrogens is 2. The van der Waals surface area contributed by atoms with Crippen LogP contribution in [-0.2, 0) is 17.1 Å². The molecule has 2 rings (SSSR count). The van der Waals surface area contributed by atoms with Crippen LogP contribution in [0.3, 0.4) is 0 Å². The second kappa shape index (κ2) is 4.83. The zero-order valence-corrected chi connectivity index (χ0v) is 12.4. The molecule has 1 saturated heterocycles. The molecule has 0 bridgehead atoms. The number of nitrogens with zero attached hydrogens (tertiary/aromatic N) is 3. The van der Waals surface area contributed by atoms with E-state index in [2.05, 4.69) is 4.98 Å². The van der Waals surface area contributed by atoms with Gasteiger partial charge in [0.15, 0.2) is 0 Å². The smallest absolute Gasteiger partial charge is 0.264 e. The predicted molar refractivity (Wildman–Crippen MR) is 70.0 cm³/mol. The Bertz CT molecular complexity index is 540. The van der Waals surface area contributed by atoms with Crippen LogP contribution in [-0.4, -0.2) is 34.4 Å². The fourth-order valence-corrected chi connectivity index (χ4v) is 4.88. The maximum absolute atomic E-state index is 12.6. The van der Waals surface area contributed by atoms with Crippen LogP contribution in [0.15, 0.2) is 11.4 Å². The minimum absolute atomic E-state index is 0.0121. The van der Waals surface area contributed by atoms with E-state index in [-0.39, 0.29) is 22.3 Å². The molecule has 7 heteroatoms. The first-order valence-corrected chi connectivity index (χ1v) is 7.91. The fraction of sp³-hybridized carbons (Fsp3) is 0.727. The van der Waals surface area contributed by atoms with Gasteiger partial charge in [-0.05, 0) is 26.2 Å². The van der Waals surface area contributed by atoms with E-state index in [4.69, 9.17) is 11.6 Å². The highest BCUT2D eigenvalue weighted by atomic mass is 35.5. The van der Waals surface area contributed by atoms with Crippen LogP contribution in [0.2, 0.25) is 5.15 Å². The van der Waals surface area contributed by atoms with Crippen molar-refractivity contribution in [2.45, 2.75) is 50.2 Å². The van der Waals surface area contributed by atoms with Gasteiger partial charge in [0.25, 0.3) is 10.0 Å². The van der Waals surface area contributed by atoms with Gasteiger partial charge >= 0.3 is 0 Å². The lowest BCUT2D eigenvalue weighted by atomic mass is 10.2. The molecule has 0 aromatic carbocycles. The lowest BCUT2D eigenvalue weighted by Crippen LogP contribution is -2.39. The molecule has 2 unspecified atom stereocenters. The topological polar surface area (TPSA) is 55.2 Å². The Morgan fingerprint density at radius 1 is 1.50 bits per heavy atom. The molecule has 0 spiro atoms. The van der Waals surface area contributed by atoms with Crippen LogP contribution in [0.4, 0.5) is 0 Å². The molecule has 0 amide bonds. The second-order valence-electron chi connectivity index (χ2n) is 4.77. The van der Waals surface area contributed by atoms with Gasteiger partial charge in [0.1, 0.15) is 5.15 Å². The van der Waals surface area contributed by atoms with Crippen molar-refractivity contribution in [1.82, 2.24) is 13.9 Å². The number of aryl methyl sites for hydroxylation is 1. The molecule has 1 aliphatic rings. The first-order valence-electron chi connectivity index (χ1n) is 6.10. The van der Waals surface area contributed by atoms with E-state index in [1.165, 1.54) is 10.9 Å². The first-order chi connectivity index (χ1) is 8.39. The summed E-state index contributed by atoms with van der Waals surface area (Å²) in [6, 6.07) is 0.0705. The van der Waals surface area contributed by atoms with E-state index in [0.717, 1.165) is 19.3 Å². The van der Waals surface area contributed by atoms with Crippen LogP contribution in [0.1, 0.15) is 33.1 Å². The monoisotopic (exact) mass is 291 g/mol. The maximum atomic E-state index is 12.6. The van der Waals surface area contributed by atoms with Gasteiger partial charge in [-0.25, -0.2) is 13.4 Å². The number of hydrogen-bond acceptors (Lipinski definition) is 3. The quantitative estimate of drug-likeness (QED) is 0.856. The molecule has 1 fully saturated rings. The van der Waals surface area contributed by atoms with Gasteiger partial charge in [-0.3, -0.25) is 0 Å². The molecule has 1 aromatic heterocycles. The number of rotatable bonds is 3. The summed E-state index contributed by atoms with van der Waals surface area (Å²) in [7, 11) is -1.91. The third kappa shape index (κ3) is 2.06. The zero-order valence-electron chi connectivity index (χ0n) is 10.8. The minimum atomic E-state index is -3.59. The Morgan fingerprint density at radius 3 is 2.67 bits per heavy atom. The molecule has 102 valence electrons. The molecule has 1 aliphatic heterocycles. The standard InChI is InChI=1S/C11H18ClN3O2S/c1-4-9-6-5-8(2)15(9)18(16,17)11-10(12)14(3)7-13-11/h7-9H,4-6H2,1-3H3. The number of sulfonamides is 1. The van der Waals surface area contributed by atoms with Gasteiger partial charge < -0.3 is 4.57 Å². The molecule has 2 heterocycles. The molecule has 5 nitrogen and oxygen atoms in total. The van der Waals surface area contributed by atoms with Crippen molar-refractivity contribution in [2.75, 3.05) is 0 Å². The molecular weight excluding hydrogens is 274 g/mol. The minimum Gasteiger partial charge on any atom is -0.324 e. The Kier molecular flexibility index (Phi) is 3.71. The number of halogens is 1. The summed E-state index contributed by atoms with van der Waals surface area (Å²) >= 11 is 6.00. The molecule has 1 aromatic rings. The Hall–Kier alpha value is -0.590. The van der Waals surface area contributed by atoms with E-state index in [1.54, 1.807) is 11.4 Å². The number of hydrogen-bond donors (Lipinski definition) is 0. The highest BCUT2D eigenvalue weighted by molar-refractivity contribution is 7.89. The molecule has 0 aliphatic carbocycles. The van der Waals surface area contributed by atoms with Crippen LogP contribution in [0, 0.1) is 0 Å². The maximum Gasteiger partial charge on any atom is 0.264 e. The van der Waals surface area contributed by atoms with Crippen molar-refractivity contribution in [3.8, 4) is 0 Å². The van der Waals surface area contributed by atoms with E-state index in [0.29, 0.717) is 0 Å². The first kappa shape index (κ1) is 13.8. The van der Waals surface area contributed by atoms with Gasteiger partial charge in [0, 0.05) is 19.1 Å². The highest BCUT2D eigenvalue weighted by Gasteiger charge is 2.41. The van der Waals surface area contributed by atoms with Gasteiger partial charge in [-0.1, -0.05) is 18.5 Å². The third-order valence-corrected chi connectivity index (χ3v) is 6.10. The SMILES string of the molecule is CCC1CCC(C)N1S(=O)(=O)c1ncn(C)c1Cl. The van der Waals surface area contributed by atoms with Crippen molar-refractivity contribution in [1.29, 1.82) is 0 Å². The van der Waals surface area contributed by atoms with Crippen molar-refractivity contribution in [3.63, 3.8) is 0 Å². The average Bonchev–Trinajstić information content (AvgIpc) is 2.84. The third-order valence-electron chi connectivity index (χ3n) is 3.54.